The number of rotatable bonds is 6. The average Bonchev–Trinajstić information content (AvgIpc) is 2.56. The SMILES string of the molecule is CC(/C=N/NC(=O)Cc1ccc([N+](=O)[O-])cc1)c1ccccc1. The first-order valence-electron chi connectivity index (χ1n) is 7.16. The summed E-state index contributed by atoms with van der Waals surface area (Å²) in [4.78, 5) is 21.9. The van der Waals surface area contributed by atoms with E-state index in [1.54, 1.807) is 18.3 Å². The van der Waals surface area contributed by atoms with Gasteiger partial charge >= 0.3 is 0 Å². The zero-order valence-corrected chi connectivity index (χ0v) is 12.7. The summed E-state index contributed by atoms with van der Waals surface area (Å²) < 4.78 is 0. The van der Waals surface area contributed by atoms with Crippen LogP contribution in [0.5, 0.6) is 0 Å². The van der Waals surface area contributed by atoms with Crippen LogP contribution in [0.15, 0.2) is 59.7 Å². The van der Waals surface area contributed by atoms with E-state index < -0.39 is 4.92 Å². The van der Waals surface area contributed by atoms with Gasteiger partial charge in [0.05, 0.1) is 11.3 Å². The number of hydrazone groups is 1. The molecule has 0 aromatic heterocycles. The van der Waals surface area contributed by atoms with E-state index in [4.69, 9.17) is 0 Å². The van der Waals surface area contributed by atoms with Gasteiger partial charge in [0, 0.05) is 24.3 Å². The zero-order valence-electron chi connectivity index (χ0n) is 12.7. The van der Waals surface area contributed by atoms with Crippen LogP contribution in [0.1, 0.15) is 24.0 Å². The molecule has 2 aromatic rings. The van der Waals surface area contributed by atoms with Gasteiger partial charge in [-0.05, 0) is 11.1 Å². The molecule has 118 valence electrons. The van der Waals surface area contributed by atoms with E-state index >= 15 is 0 Å². The Labute approximate surface area is 134 Å². The fourth-order valence-electron chi connectivity index (χ4n) is 2.02. The first-order chi connectivity index (χ1) is 11.1. The van der Waals surface area contributed by atoms with Crippen LogP contribution >= 0.6 is 0 Å². The summed E-state index contributed by atoms with van der Waals surface area (Å²) in [7, 11) is 0. The molecule has 6 heteroatoms. The molecule has 2 rings (SSSR count). The maximum Gasteiger partial charge on any atom is 0.269 e. The highest BCUT2D eigenvalue weighted by atomic mass is 16.6. The minimum atomic E-state index is -0.473. The molecule has 0 bridgehead atoms. The van der Waals surface area contributed by atoms with Crippen molar-refractivity contribution < 1.29 is 9.72 Å². The lowest BCUT2D eigenvalue weighted by Crippen LogP contribution is -2.20. The molecule has 6 nitrogen and oxygen atoms in total. The monoisotopic (exact) mass is 311 g/mol. The second-order valence-electron chi connectivity index (χ2n) is 5.11. The maximum atomic E-state index is 11.8. The maximum absolute atomic E-state index is 11.8. The Hall–Kier alpha value is -3.02. The van der Waals surface area contributed by atoms with Gasteiger partial charge in [-0.3, -0.25) is 14.9 Å². The van der Waals surface area contributed by atoms with Crippen LogP contribution in [0.25, 0.3) is 0 Å². The van der Waals surface area contributed by atoms with Crippen LogP contribution in [0, 0.1) is 10.1 Å². The molecule has 0 aliphatic rings. The summed E-state index contributed by atoms with van der Waals surface area (Å²) in [5.74, 6) is -0.175. The first kappa shape index (κ1) is 16.4. The molecule has 23 heavy (non-hydrogen) atoms. The molecule has 1 unspecified atom stereocenters. The number of nitro benzene ring substituents is 1. The summed E-state index contributed by atoms with van der Waals surface area (Å²) in [5, 5.41) is 14.5. The molecular weight excluding hydrogens is 294 g/mol. The van der Waals surface area contributed by atoms with Crippen LogP contribution < -0.4 is 5.43 Å². The third kappa shape index (κ3) is 5.03. The molecule has 1 N–H and O–H groups in total. The van der Waals surface area contributed by atoms with Crippen molar-refractivity contribution in [1.29, 1.82) is 0 Å². The van der Waals surface area contributed by atoms with Crippen molar-refractivity contribution in [3.63, 3.8) is 0 Å². The number of hydrogen-bond acceptors (Lipinski definition) is 4. The third-order valence-corrected chi connectivity index (χ3v) is 3.32. The first-order valence-corrected chi connectivity index (χ1v) is 7.16. The largest absolute Gasteiger partial charge is 0.273 e. The second-order valence-corrected chi connectivity index (χ2v) is 5.11. The Morgan fingerprint density at radius 2 is 1.87 bits per heavy atom. The lowest BCUT2D eigenvalue weighted by atomic mass is 10.0. The summed E-state index contributed by atoms with van der Waals surface area (Å²) in [6, 6.07) is 15.7. The molecule has 2 aromatic carbocycles. The number of nitro groups is 1. The molecule has 0 aliphatic heterocycles. The number of nitrogens with zero attached hydrogens (tertiary/aromatic N) is 2. The Morgan fingerprint density at radius 3 is 2.48 bits per heavy atom. The molecule has 0 radical (unpaired) electrons. The normalized spacial score (nSPS) is 12.0. The van der Waals surface area contributed by atoms with Crippen LogP contribution in [0.4, 0.5) is 5.69 Å². The predicted molar refractivity (Wildman–Crippen MR) is 88.3 cm³/mol. The number of hydrogen-bond donors (Lipinski definition) is 1. The molecule has 0 saturated carbocycles. The Kier molecular flexibility index (Phi) is 5.57. The van der Waals surface area contributed by atoms with Crippen molar-refractivity contribution in [3.05, 3.63) is 75.8 Å². The van der Waals surface area contributed by atoms with Gasteiger partial charge in [-0.15, -0.1) is 0 Å². The molecule has 1 amide bonds. The minimum Gasteiger partial charge on any atom is -0.273 e. The standard InChI is InChI=1S/C17H17N3O3/c1-13(15-5-3-2-4-6-15)12-18-19-17(21)11-14-7-9-16(10-8-14)20(22)23/h2-10,12-13H,11H2,1H3,(H,19,21)/b18-12+. The fourth-order valence-corrected chi connectivity index (χ4v) is 2.02. The average molecular weight is 311 g/mol. The van der Waals surface area contributed by atoms with E-state index in [0.29, 0.717) is 5.56 Å². The lowest BCUT2D eigenvalue weighted by molar-refractivity contribution is -0.384. The van der Waals surface area contributed by atoms with Crippen molar-refractivity contribution in [1.82, 2.24) is 5.43 Å². The lowest BCUT2D eigenvalue weighted by Gasteiger charge is -2.05. The zero-order chi connectivity index (χ0) is 16.7. The number of nitrogens with one attached hydrogen (secondary N) is 1. The van der Waals surface area contributed by atoms with Gasteiger partial charge < -0.3 is 0 Å². The summed E-state index contributed by atoms with van der Waals surface area (Å²) in [5.41, 5.74) is 4.28. The number of carbonyl (C=O) groups is 1. The quantitative estimate of drug-likeness (QED) is 0.505. The topological polar surface area (TPSA) is 84.6 Å². The minimum absolute atomic E-state index is 0.00358. The van der Waals surface area contributed by atoms with Gasteiger partial charge in [0.1, 0.15) is 0 Å². The van der Waals surface area contributed by atoms with Crippen molar-refractivity contribution in [3.8, 4) is 0 Å². The van der Waals surface area contributed by atoms with Gasteiger partial charge in [0.25, 0.3) is 5.69 Å². The molecular formula is C17H17N3O3. The Balaban J connectivity index is 1.85. The molecule has 0 fully saturated rings. The molecule has 0 aliphatic carbocycles. The predicted octanol–water partition coefficient (Wildman–Crippen LogP) is 3.04. The summed E-state index contributed by atoms with van der Waals surface area (Å²) in [6.45, 7) is 1.99. The number of amides is 1. The van der Waals surface area contributed by atoms with Crippen LogP contribution in [-0.4, -0.2) is 17.0 Å². The van der Waals surface area contributed by atoms with E-state index in [9.17, 15) is 14.9 Å². The summed E-state index contributed by atoms with van der Waals surface area (Å²) in [6.07, 6.45) is 1.79. The van der Waals surface area contributed by atoms with Crippen molar-refractivity contribution in [2.24, 2.45) is 5.10 Å². The third-order valence-electron chi connectivity index (χ3n) is 3.32. The highest BCUT2D eigenvalue weighted by Gasteiger charge is 2.07. The van der Waals surface area contributed by atoms with Crippen LogP contribution in [-0.2, 0) is 11.2 Å². The Bertz CT molecular complexity index is 697. The highest BCUT2D eigenvalue weighted by Crippen LogP contribution is 2.13. The highest BCUT2D eigenvalue weighted by molar-refractivity contribution is 5.79. The van der Waals surface area contributed by atoms with Crippen molar-refractivity contribution in [2.45, 2.75) is 19.3 Å². The number of non-ortho nitro benzene ring substituents is 1. The van der Waals surface area contributed by atoms with E-state index in [0.717, 1.165) is 5.56 Å². The van der Waals surface area contributed by atoms with E-state index in [-0.39, 0.29) is 23.9 Å². The number of benzene rings is 2. The molecule has 0 spiro atoms. The molecule has 1 atom stereocenters. The van der Waals surface area contributed by atoms with Gasteiger partial charge in [0.2, 0.25) is 5.91 Å². The van der Waals surface area contributed by atoms with Gasteiger partial charge in [-0.2, -0.15) is 5.10 Å². The van der Waals surface area contributed by atoms with Gasteiger partial charge in [-0.1, -0.05) is 49.4 Å². The molecule has 0 heterocycles. The number of carbonyl (C=O) groups excluding carboxylic acids is 1. The van der Waals surface area contributed by atoms with Crippen LogP contribution in [0.2, 0.25) is 0 Å². The second kappa shape index (κ2) is 7.84. The smallest absolute Gasteiger partial charge is 0.269 e. The van der Waals surface area contributed by atoms with Crippen LogP contribution in [0.3, 0.4) is 0 Å². The van der Waals surface area contributed by atoms with E-state index in [1.165, 1.54) is 12.1 Å². The van der Waals surface area contributed by atoms with E-state index in [1.807, 2.05) is 37.3 Å². The van der Waals surface area contributed by atoms with Gasteiger partial charge in [0.15, 0.2) is 0 Å². The molecule has 0 saturated heterocycles. The van der Waals surface area contributed by atoms with Crippen molar-refractivity contribution >= 4 is 17.8 Å². The van der Waals surface area contributed by atoms with E-state index in [2.05, 4.69) is 10.5 Å². The summed E-state index contributed by atoms with van der Waals surface area (Å²) >= 11 is 0. The van der Waals surface area contributed by atoms with Gasteiger partial charge in [-0.25, -0.2) is 5.43 Å². The Morgan fingerprint density at radius 1 is 1.22 bits per heavy atom. The van der Waals surface area contributed by atoms with Crippen molar-refractivity contribution in [2.75, 3.05) is 0 Å². The fraction of sp³-hybridized carbons (Fsp3) is 0.176.